The lowest BCUT2D eigenvalue weighted by Gasteiger charge is -2.25. The zero-order chi connectivity index (χ0) is 25.7. The van der Waals surface area contributed by atoms with E-state index in [4.69, 9.17) is 9.47 Å². The van der Waals surface area contributed by atoms with E-state index < -0.39 is 23.7 Å². The number of Topliss-reactive ketones (excluding diaryl/α,β-unsaturated/α-hetero) is 1. The molecule has 8 nitrogen and oxygen atoms in total. The molecule has 1 amide bonds. The lowest BCUT2D eigenvalue weighted by atomic mass is 9.96. The number of benzene rings is 2. The highest BCUT2D eigenvalue weighted by atomic mass is 16.5. The molecule has 0 aliphatic carbocycles. The van der Waals surface area contributed by atoms with Crippen LogP contribution < -0.4 is 4.74 Å². The largest absolute Gasteiger partial charge is 0.507 e. The molecule has 1 aliphatic heterocycles. The van der Waals surface area contributed by atoms with Gasteiger partial charge in [0.2, 0.25) is 0 Å². The standard InChI is InChI=1S/C28H26N2O6/c1-3-35-22-9-5-7-20(15-22)25(31)23-24(21-8-6-14-29-16-21)30(27(33)26(23)32)17-18-10-12-19(13-11-18)28(34)36-4-2/h5-16,24,31H,3-4,17H2,1-2H3/b25-23+. The average molecular weight is 487 g/mol. The van der Waals surface area contributed by atoms with Crippen molar-refractivity contribution in [3.8, 4) is 5.75 Å². The summed E-state index contributed by atoms with van der Waals surface area (Å²) in [6, 6.07) is 16.0. The van der Waals surface area contributed by atoms with Crippen molar-refractivity contribution in [3.63, 3.8) is 0 Å². The number of pyridine rings is 1. The minimum absolute atomic E-state index is 0.0233. The van der Waals surface area contributed by atoms with Gasteiger partial charge in [0.15, 0.2) is 0 Å². The summed E-state index contributed by atoms with van der Waals surface area (Å²) in [5, 5.41) is 11.2. The average Bonchev–Trinajstić information content (AvgIpc) is 3.14. The fourth-order valence-corrected chi connectivity index (χ4v) is 4.14. The number of aliphatic hydroxyl groups excluding tert-OH is 1. The van der Waals surface area contributed by atoms with Gasteiger partial charge in [0.1, 0.15) is 11.5 Å². The smallest absolute Gasteiger partial charge is 0.338 e. The molecule has 36 heavy (non-hydrogen) atoms. The summed E-state index contributed by atoms with van der Waals surface area (Å²) in [7, 11) is 0. The molecule has 3 aromatic rings. The SMILES string of the molecule is CCOC(=O)c1ccc(CN2C(=O)C(=O)/C(=C(/O)c3cccc(OCC)c3)C2c2cccnc2)cc1. The number of nitrogens with zero attached hydrogens (tertiary/aromatic N) is 2. The highest BCUT2D eigenvalue weighted by molar-refractivity contribution is 6.46. The molecule has 0 spiro atoms. The third kappa shape index (κ3) is 4.98. The molecule has 1 aliphatic rings. The van der Waals surface area contributed by atoms with Crippen molar-refractivity contribution in [2.24, 2.45) is 0 Å². The second kappa shape index (κ2) is 10.9. The Labute approximate surface area is 208 Å². The Bertz CT molecular complexity index is 1300. The first kappa shape index (κ1) is 24.7. The number of carbonyl (C=O) groups is 3. The van der Waals surface area contributed by atoms with E-state index in [2.05, 4.69) is 4.98 Å². The molecule has 0 radical (unpaired) electrons. The van der Waals surface area contributed by atoms with Crippen LogP contribution in [0.25, 0.3) is 5.76 Å². The molecule has 1 saturated heterocycles. The highest BCUT2D eigenvalue weighted by Gasteiger charge is 2.46. The molecule has 0 bridgehead atoms. The molecule has 1 fully saturated rings. The number of hydrogen-bond donors (Lipinski definition) is 1. The van der Waals surface area contributed by atoms with Crippen molar-refractivity contribution in [2.45, 2.75) is 26.4 Å². The van der Waals surface area contributed by atoms with Gasteiger partial charge in [-0.15, -0.1) is 0 Å². The number of rotatable bonds is 8. The van der Waals surface area contributed by atoms with Crippen LogP contribution >= 0.6 is 0 Å². The Morgan fingerprint density at radius 3 is 2.44 bits per heavy atom. The maximum Gasteiger partial charge on any atom is 0.338 e. The van der Waals surface area contributed by atoms with E-state index in [0.29, 0.717) is 34.6 Å². The molecule has 2 heterocycles. The van der Waals surface area contributed by atoms with Crippen molar-refractivity contribution >= 4 is 23.4 Å². The van der Waals surface area contributed by atoms with Crippen LogP contribution in [-0.4, -0.2) is 45.9 Å². The van der Waals surface area contributed by atoms with Crippen LogP contribution in [-0.2, 0) is 20.9 Å². The number of amides is 1. The Hall–Kier alpha value is -4.46. The predicted molar refractivity (Wildman–Crippen MR) is 132 cm³/mol. The first-order chi connectivity index (χ1) is 17.4. The lowest BCUT2D eigenvalue weighted by Crippen LogP contribution is -2.29. The molecule has 184 valence electrons. The highest BCUT2D eigenvalue weighted by Crippen LogP contribution is 2.40. The molecule has 4 rings (SSSR count). The Kier molecular flexibility index (Phi) is 7.44. The third-order valence-corrected chi connectivity index (χ3v) is 5.78. The second-order valence-corrected chi connectivity index (χ2v) is 8.09. The van der Waals surface area contributed by atoms with Crippen LogP contribution in [0.3, 0.4) is 0 Å². The van der Waals surface area contributed by atoms with E-state index >= 15 is 0 Å². The molecule has 1 unspecified atom stereocenters. The van der Waals surface area contributed by atoms with Crippen LogP contribution in [0.5, 0.6) is 5.75 Å². The van der Waals surface area contributed by atoms with Crippen LogP contribution in [0.4, 0.5) is 0 Å². The van der Waals surface area contributed by atoms with Crippen molar-refractivity contribution in [1.29, 1.82) is 0 Å². The number of aliphatic hydroxyl groups is 1. The summed E-state index contributed by atoms with van der Waals surface area (Å²) in [6.07, 6.45) is 3.16. The van der Waals surface area contributed by atoms with Crippen molar-refractivity contribution in [2.75, 3.05) is 13.2 Å². The third-order valence-electron chi connectivity index (χ3n) is 5.78. The van der Waals surface area contributed by atoms with Crippen LogP contribution in [0.2, 0.25) is 0 Å². The first-order valence-electron chi connectivity index (χ1n) is 11.6. The van der Waals surface area contributed by atoms with Gasteiger partial charge in [-0.3, -0.25) is 14.6 Å². The van der Waals surface area contributed by atoms with Gasteiger partial charge in [0.25, 0.3) is 11.7 Å². The van der Waals surface area contributed by atoms with Crippen LogP contribution in [0.1, 0.15) is 46.9 Å². The summed E-state index contributed by atoms with van der Waals surface area (Å²) in [4.78, 5) is 43.9. The normalized spacial score (nSPS) is 16.7. The topological polar surface area (TPSA) is 106 Å². The zero-order valence-corrected chi connectivity index (χ0v) is 20.0. The maximum absolute atomic E-state index is 13.2. The summed E-state index contributed by atoms with van der Waals surface area (Å²) >= 11 is 0. The minimum atomic E-state index is -0.848. The molecule has 1 N–H and O–H groups in total. The van der Waals surface area contributed by atoms with E-state index in [1.807, 2.05) is 6.92 Å². The number of hydrogen-bond acceptors (Lipinski definition) is 7. The predicted octanol–water partition coefficient (Wildman–Crippen LogP) is 4.28. The summed E-state index contributed by atoms with van der Waals surface area (Å²) in [5.41, 5.74) is 2.02. The van der Waals surface area contributed by atoms with E-state index in [9.17, 15) is 19.5 Å². The number of esters is 1. The fourth-order valence-electron chi connectivity index (χ4n) is 4.14. The molecule has 2 aromatic carbocycles. The van der Waals surface area contributed by atoms with Crippen LogP contribution in [0, 0.1) is 0 Å². The Morgan fingerprint density at radius 1 is 1.00 bits per heavy atom. The van der Waals surface area contributed by atoms with Gasteiger partial charge in [-0.25, -0.2) is 4.79 Å². The zero-order valence-electron chi connectivity index (χ0n) is 20.0. The van der Waals surface area contributed by atoms with Gasteiger partial charge in [0.05, 0.1) is 30.4 Å². The van der Waals surface area contributed by atoms with Gasteiger partial charge in [0, 0.05) is 24.5 Å². The number of aromatic nitrogens is 1. The van der Waals surface area contributed by atoms with Gasteiger partial charge < -0.3 is 19.5 Å². The van der Waals surface area contributed by atoms with Crippen molar-refractivity contribution in [3.05, 3.63) is 101 Å². The lowest BCUT2D eigenvalue weighted by molar-refractivity contribution is -0.140. The Balaban J connectivity index is 1.74. The Morgan fingerprint density at radius 2 is 1.78 bits per heavy atom. The molecule has 1 atom stereocenters. The van der Waals surface area contributed by atoms with E-state index in [1.54, 1.807) is 80.0 Å². The van der Waals surface area contributed by atoms with Gasteiger partial charge in [-0.1, -0.05) is 30.3 Å². The van der Waals surface area contributed by atoms with E-state index in [-0.39, 0.29) is 24.5 Å². The molecule has 0 saturated carbocycles. The fraction of sp³-hybridized carbons (Fsp3) is 0.214. The van der Waals surface area contributed by atoms with Gasteiger partial charge in [-0.05, 0) is 55.3 Å². The number of ketones is 1. The summed E-state index contributed by atoms with van der Waals surface area (Å²) in [5.74, 6) is -1.71. The minimum Gasteiger partial charge on any atom is -0.507 e. The molecule has 1 aromatic heterocycles. The van der Waals surface area contributed by atoms with Crippen molar-refractivity contribution in [1.82, 2.24) is 9.88 Å². The monoisotopic (exact) mass is 486 g/mol. The van der Waals surface area contributed by atoms with E-state index in [1.165, 1.54) is 4.90 Å². The van der Waals surface area contributed by atoms with Gasteiger partial charge in [-0.2, -0.15) is 0 Å². The second-order valence-electron chi connectivity index (χ2n) is 8.09. The van der Waals surface area contributed by atoms with Gasteiger partial charge >= 0.3 is 5.97 Å². The summed E-state index contributed by atoms with van der Waals surface area (Å²) < 4.78 is 10.5. The van der Waals surface area contributed by atoms with Crippen LogP contribution in [0.15, 0.2) is 78.6 Å². The quantitative estimate of drug-likeness (QED) is 0.219. The molecular formula is C28H26N2O6. The molecule has 8 heteroatoms. The van der Waals surface area contributed by atoms with Crippen molar-refractivity contribution < 1.29 is 29.0 Å². The number of ether oxygens (including phenoxy) is 2. The maximum atomic E-state index is 13.2. The first-order valence-corrected chi connectivity index (χ1v) is 11.6. The number of likely N-dealkylation sites (tertiary alicyclic amines) is 1. The molecular weight excluding hydrogens is 460 g/mol. The van der Waals surface area contributed by atoms with E-state index in [0.717, 1.165) is 0 Å². The summed E-state index contributed by atoms with van der Waals surface area (Å²) in [6.45, 7) is 4.38. The number of carbonyl (C=O) groups excluding carboxylic acids is 3.